The number of nitrogens with zero attached hydrogens (tertiary/aromatic N) is 2. The molecule has 136 valence electrons. The normalized spacial score (nSPS) is 21.7. The Morgan fingerprint density at radius 1 is 1.28 bits per heavy atom. The molecule has 25 heavy (non-hydrogen) atoms. The SMILES string of the molecule is CC(=O)N1CCc2ccccc2C1CC(=O)N(C)CC1(O)CCCC1. The Kier molecular flexibility index (Phi) is 5.13. The number of hydrogen-bond donors (Lipinski definition) is 1. The van der Waals surface area contributed by atoms with Gasteiger partial charge in [-0.15, -0.1) is 0 Å². The van der Waals surface area contributed by atoms with Crippen molar-refractivity contribution in [3.05, 3.63) is 35.4 Å². The average molecular weight is 344 g/mol. The third kappa shape index (κ3) is 3.87. The van der Waals surface area contributed by atoms with E-state index < -0.39 is 5.60 Å². The lowest BCUT2D eigenvalue weighted by atomic mass is 9.90. The van der Waals surface area contributed by atoms with Gasteiger partial charge < -0.3 is 14.9 Å². The number of benzene rings is 1. The fourth-order valence-corrected chi connectivity index (χ4v) is 4.29. The van der Waals surface area contributed by atoms with E-state index in [9.17, 15) is 14.7 Å². The monoisotopic (exact) mass is 344 g/mol. The second-order valence-corrected chi connectivity index (χ2v) is 7.56. The van der Waals surface area contributed by atoms with Crippen LogP contribution in [0.1, 0.15) is 56.2 Å². The zero-order valence-electron chi connectivity index (χ0n) is 15.2. The van der Waals surface area contributed by atoms with Crippen molar-refractivity contribution in [1.29, 1.82) is 0 Å². The molecule has 0 bridgehead atoms. The number of carbonyl (C=O) groups excluding carboxylic acids is 2. The van der Waals surface area contributed by atoms with Crippen LogP contribution >= 0.6 is 0 Å². The van der Waals surface area contributed by atoms with Crippen molar-refractivity contribution in [2.75, 3.05) is 20.1 Å². The molecule has 1 atom stereocenters. The highest BCUT2D eigenvalue weighted by molar-refractivity contribution is 5.79. The summed E-state index contributed by atoms with van der Waals surface area (Å²) in [5.74, 6) is -0.0161. The number of amides is 2. The van der Waals surface area contributed by atoms with E-state index in [1.165, 1.54) is 5.56 Å². The van der Waals surface area contributed by atoms with Crippen LogP contribution in [0.4, 0.5) is 0 Å². The quantitative estimate of drug-likeness (QED) is 0.912. The highest BCUT2D eigenvalue weighted by Crippen LogP contribution is 2.34. The van der Waals surface area contributed by atoms with Gasteiger partial charge in [0.05, 0.1) is 18.1 Å². The first kappa shape index (κ1) is 17.9. The molecule has 1 saturated carbocycles. The van der Waals surface area contributed by atoms with E-state index in [-0.39, 0.29) is 24.3 Å². The van der Waals surface area contributed by atoms with Crippen molar-refractivity contribution < 1.29 is 14.7 Å². The summed E-state index contributed by atoms with van der Waals surface area (Å²) >= 11 is 0. The van der Waals surface area contributed by atoms with Crippen LogP contribution in [-0.4, -0.2) is 52.5 Å². The summed E-state index contributed by atoms with van der Waals surface area (Å²) in [6.07, 6.45) is 4.66. The fraction of sp³-hybridized carbons (Fsp3) is 0.600. The molecule has 2 amide bonds. The van der Waals surface area contributed by atoms with Gasteiger partial charge in [0.15, 0.2) is 0 Å². The van der Waals surface area contributed by atoms with Crippen LogP contribution in [0.25, 0.3) is 0 Å². The molecule has 1 aromatic carbocycles. The first-order valence-electron chi connectivity index (χ1n) is 9.21. The molecule has 0 spiro atoms. The van der Waals surface area contributed by atoms with Crippen LogP contribution in [0.5, 0.6) is 0 Å². The van der Waals surface area contributed by atoms with E-state index in [0.717, 1.165) is 37.7 Å². The van der Waals surface area contributed by atoms with Crippen LogP contribution < -0.4 is 0 Å². The molecule has 1 N–H and O–H groups in total. The van der Waals surface area contributed by atoms with Gasteiger partial charge in [0.1, 0.15) is 0 Å². The molecular formula is C20H28N2O3. The maximum Gasteiger partial charge on any atom is 0.224 e. The Morgan fingerprint density at radius 2 is 1.96 bits per heavy atom. The summed E-state index contributed by atoms with van der Waals surface area (Å²) in [6, 6.07) is 7.85. The van der Waals surface area contributed by atoms with E-state index >= 15 is 0 Å². The number of rotatable bonds is 4. The Balaban J connectivity index is 1.74. The topological polar surface area (TPSA) is 60.9 Å². The highest BCUT2D eigenvalue weighted by Gasteiger charge is 2.35. The van der Waals surface area contributed by atoms with E-state index in [0.29, 0.717) is 13.1 Å². The Morgan fingerprint density at radius 3 is 2.64 bits per heavy atom. The predicted octanol–water partition coefficient (Wildman–Crippen LogP) is 2.29. The standard InChI is InChI=1S/C20H28N2O3/c1-15(23)22-12-9-16-7-3-4-8-17(16)18(22)13-19(24)21(2)14-20(25)10-5-6-11-20/h3-4,7-8,18,25H,5-6,9-14H2,1-2H3. The molecule has 0 radical (unpaired) electrons. The largest absolute Gasteiger partial charge is 0.388 e. The molecule has 5 heteroatoms. The lowest BCUT2D eigenvalue weighted by Gasteiger charge is -2.38. The van der Waals surface area contributed by atoms with Gasteiger partial charge in [-0.1, -0.05) is 37.1 Å². The molecule has 1 aliphatic carbocycles. The minimum Gasteiger partial charge on any atom is -0.388 e. The third-order valence-electron chi connectivity index (χ3n) is 5.68. The van der Waals surface area contributed by atoms with Crippen molar-refractivity contribution in [1.82, 2.24) is 9.80 Å². The van der Waals surface area contributed by atoms with Crippen LogP contribution in [0, 0.1) is 0 Å². The lowest BCUT2D eigenvalue weighted by Crippen LogP contribution is -2.45. The number of likely N-dealkylation sites (N-methyl/N-ethyl adjacent to an activating group) is 1. The summed E-state index contributed by atoms with van der Waals surface area (Å²) in [5, 5.41) is 10.6. The Hall–Kier alpha value is -1.88. The fourth-order valence-electron chi connectivity index (χ4n) is 4.29. The number of aliphatic hydroxyl groups is 1. The van der Waals surface area contributed by atoms with Crippen LogP contribution in [0.2, 0.25) is 0 Å². The van der Waals surface area contributed by atoms with Crippen LogP contribution in [0.3, 0.4) is 0 Å². The molecule has 1 aliphatic heterocycles. The summed E-state index contributed by atoms with van der Waals surface area (Å²) in [6.45, 7) is 2.59. The van der Waals surface area contributed by atoms with Gasteiger partial charge in [0.2, 0.25) is 11.8 Å². The van der Waals surface area contributed by atoms with Crippen molar-refractivity contribution in [2.45, 2.75) is 57.1 Å². The van der Waals surface area contributed by atoms with Gasteiger partial charge in [0.25, 0.3) is 0 Å². The lowest BCUT2D eigenvalue weighted by molar-refractivity contribution is -0.138. The number of fused-ring (bicyclic) bond motifs is 1. The van der Waals surface area contributed by atoms with Crippen LogP contribution in [-0.2, 0) is 16.0 Å². The van der Waals surface area contributed by atoms with Crippen molar-refractivity contribution in [3.63, 3.8) is 0 Å². The summed E-state index contributed by atoms with van der Waals surface area (Å²) in [7, 11) is 1.76. The van der Waals surface area contributed by atoms with Gasteiger partial charge in [-0.25, -0.2) is 0 Å². The van der Waals surface area contributed by atoms with E-state index in [2.05, 4.69) is 6.07 Å². The van der Waals surface area contributed by atoms with Crippen LogP contribution in [0.15, 0.2) is 24.3 Å². The molecule has 1 heterocycles. The zero-order valence-corrected chi connectivity index (χ0v) is 15.2. The van der Waals surface area contributed by atoms with Gasteiger partial charge >= 0.3 is 0 Å². The molecule has 1 unspecified atom stereocenters. The van der Waals surface area contributed by atoms with Gasteiger partial charge in [-0.05, 0) is 30.4 Å². The third-order valence-corrected chi connectivity index (χ3v) is 5.68. The number of carbonyl (C=O) groups is 2. The van der Waals surface area contributed by atoms with Gasteiger partial charge in [0, 0.05) is 27.1 Å². The van der Waals surface area contributed by atoms with Crippen molar-refractivity contribution in [3.8, 4) is 0 Å². The van der Waals surface area contributed by atoms with E-state index in [4.69, 9.17) is 0 Å². The van der Waals surface area contributed by atoms with E-state index in [1.807, 2.05) is 18.2 Å². The molecule has 0 aromatic heterocycles. The Labute approximate surface area is 149 Å². The summed E-state index contributed by atoms with van der Waals surface area (Å²) < 4.78 is 0. The van der Waals surface area contributed by atoms with Crippen molar-refractivity contribution in [2.24, 2.45) is 0 Å². The molecule has 3 rings (SSSR count). The maximum atomic E-state index is 12.8. The molecule has 5 nitrogen and oxygen atoms in total. The molecular weight excluding hydrogens is 316 g/mol. The predicted molar refractivity (Wildman–Crippen MR) is 95.9 cm³/mol. The van der Waals surface area contributed by atoms with Crippen molar-refractivity contribution >= 4 is 11.8 Å². The average Bonchev–Trinajstić information content (AvgIpc) is 3.00. The number of hydrogen-bond acceptors (Lipinski definition) is 3. The van der Waals surface area contributed by atoms with E-state index in [1.54, 1.807) is 23.8 Å². The summed E-state index contributed by atoms with van der Waals surface area (Å²) in [5.41, 5.74) is 1.55. The van der Waals surface area contributed by atoms with Gasteiger partial charge in [-0.3, -0.25) is 9.59 Å². The molecule has 1 fully saturated rings. The van der Waals surface area contributed by atoms with Gasteiger partial charge in [-0.2, -0.15) is 0 Å². The first-order chi connectivity index (χ1) is 11.9. The smallest absolute Gasteiger partial charge is 0.224 e. The minimum atomic E-state index is -0.741. The molecule has 2 aliphatic rings. The minimum absolute atomic E-state index is 0.00405. The molecule has 1 aromatic rings. The maximum absolute atomic E-state index is 12.8. The first-order valence-corrected chi connectivity index (χ1v) is 9.21. The molecule has 0 saturated heterocycles. The highest BCUT2D eigenvalue weighted by atomic mass is 16.3. The second kappa shape index (κ2) is 7.16. The Bertz CT molecular complexity index is 652. The second-order valence-electron chi connectivity index (χ2n) is 7.56. The zero-order chi connectivity index (χ0) is 18.0. The summed E-state index contributed by atoms with van der Waals surface area (Å²) in [4.78, 5) is 28.3.